The van der Waals surface area contributed by atoms with Crippen LogP contribution in [0.1, 0.15) is 32.1 Å². The second kappa shape index (κ2) is 7.72. The second-order valence-corrected chi connectivity index (χ2v) is 8.59. The molecule has 1 fully saturated rings. The van der Waals surface area contributed by atoms with Crippen LogP contribution in [0.25, 0.3) is 0 Å². The lowest BCUT2D eigenvalue weighted by molar-refractivity contribution is -0.121. The van der Waals surface area contributed by atoms with Gasteiger partial charge in [-0.3, -0.25) is 4.79 Å². The summed E-state index contributed by atoms with van der Waals surface area (Å²) < 4.78 is 29.6. The Bertz CT molecular complexity index is 698. The molecule has 2 N–H and O–H groups in total. The van der Waals surface area contributed by atoms with E-state index in [9.17, 15) is 18.3 Å². The predicted molar refractivity (Wildman–Crippen MR) is 91.1 cm³/mol. The highest BCUT2D eigenvalue weighted by Gasteiger charge is 2.31. The van der Waals surface area contributed by atoms with Gasteiger partial charge < -0.3 is 15.2 Å². The Morgan fingerprint density at radius 3 is 2.62 bits per heavy atom. The third kappa shape index (κ3) is 4.84. The lowest BCUT2D eigenvalue weighted by Crippen LogP contribution is -2.41. The molecule has 6 nitrogen and oxygen atoms in total. The third-order valence-corrected chi connectivity index (χ3v) is 6.24. The molecule has 1 aliphatic carbocycles. The third-order valence-electron chi connectivity index (χ3n) is 4.23. The number of benzene rings is 1. The van der Waals surface area contributed by atoms with Gasteiger partial charge in [-0.25, -0.2) is 8.42 Å². The zero-order valence-electron chi connectivity index (χ0n) is 13.5. The first-order chi connectivity index (χ1) is 11.3. The molecular formula is C16H22ClNO5S. The summed E-state index contributed by atoms with van der Waals surface area (Å²) in [5.74, 6) is -0.323. The van der Waals surface area contributed by atoms with E-state index in [2.05, 4.69) is 5.32 Å². The fourth-order valence-electron chi connectivity index (χ4n) is 2.75. The van der Waals surface area contributed by atoms with Crippen LogP contribution in [0.5, 0.6) is 5.75 Å². The van der Waals surface area contributed by atoms with Crippen LogP contribution in [0.2, 0.25) is 5.02 Å². The van der Waals surface area contributed by atoms with Gasteiger partial charge in [0, 0.05) is 13.0 Å². The number of amides is 1. The van der Waals surface area contributed by atoms with E-state index in [0.29, 0.717) is 18.6 Å². The lowest BCUT2D eigenvalue weighted by Gasteiger charge is -2.22. The molecule has 0 unspecified atom stereocenters. The van der Waals surface area contributed by atoms with E-state index >= 15 is 0 Å². The van der Waals surface area contributed by atoms with Crippen molar-refractivity contribution >= 4 is 27.3 Å². The highest BCUT2D eigenvalue weighted by atomic mass is 35.5. The van der Waals surface area contributed by atoms with Crippen LogP contribution in [-0.4, -0.2) is 44.4 Å². The standard InChI is InChI=1S/C16H22ClNO5S/c1-23-14-5-4-12(10-13(14)17)24(21,22)9-6-15(19)18-11-16(20)7-2-3-8-16/h4-5,10,20H,2-3,6-9,11H2,1H3,(H,18,19). The Morgan fingerprint density at radius 2 is 2.04 bits per heavy atom. The number of carbonyl (C=O) groups excluding carboxylic acids is 1. The molecule has 1 saturated carbocycles. The van der Waals surface area contributed by atoms with Crippen molar-refractivity contribution in [3.63, 3.8) is 0 Å². The van der Waals surface area contributed by atoms with Crippen LogP contribution in [0.15, 0.2) is 23.1 Å². The number of rotatable bonds is 7. The van der Waals surface area contributed by atoms with Crippen molar-refractivity contribution in [2.45, 2.75) is 42.6 Å². The van der Waals surface area contributed by atoms with Crippen molar-refractivity contribution in [2.75, 3.05) is 19.4 Å². The summed E-state index contributed by atoms with van der Waals surface area (Å²) in [6, 6.07) is 4.19. The van der Waals surface area contributed by atoms with Crippen molar-refractivity contribution in [1.82, 2.24) is 5.32 Å². The highest BCUT2D eigenvalue weighted by molar-refractivity contribution is 7.91. The van der Waals surface area contributed by atoms with Crippen molar-refractivity contribution in [3.05, 3.63) is 23.2 Å². The molecule has 1 aromatic carbocycles. The van der Waals surface area contributed by atoms with E-state index in [0.717, 1.165) is 12.8 Å². The van der Waals surface area contributed by atoms with E-state index in [1.165, 1.54) is 25.3 Å². The molecule has 134 valence electrons. The molecule has 0 heterocycles. The first-order valence-corrected chi connectivity index (χ1v) is 9.84. The monoisotopic (exact) mass is 375 g/mol. The molecule has 1 amide bonds. The van der Waals surface area contributed by atoms with Gasteiger partial charge in [-0.1, -0.05) is 24.4 Å². The maximum Gasteiger partial charge on any atom is 0.221 e. The Kier molecular flexibility index (Phi) is 6.11. The molecule has 0 spiro atoms. The van der Waals surface area contributed by atoms with Crippen LogP contribution >= 0.6 is 11.6 Å². The number of hydrogen-bond acceptors (Lipinski definition) is 5. The molecule has 8 heteroatoms. The highest BCUT2D eigenvalue weighted by Crippen LogP contribution is 2.29. The largest absolute Gasteiger partial charge is 0.495 e. The molecule has 24 heavy (non-hydrogen) atoms. The van der Waals surface area contributed by atoms with Crippen LogP contribution in [0.3, 0.4) is 0 Å². The van der Waals surface area contributed by atoms with Crippen LogP contribution in [-0.2, 0) is 14.6 Å². The first-order valence-electron chi connectivity index (χ1n) is 7.81. The zero-order chi connectivity index (χ0) is 17.8. The molecule has 2 rings (SSSR count). The Balaban J connectivity index is 1.90. The number of methoxy groups -OCH3 is 1. The van der Waals surface area contributed by atoms with E-state index < -0.39 is 21.3 Å². The fraction of sp³-hybridized carbons (Fsp3) is 0.562. The molecule has 0 saturated heterocycles. The minimum Gasteiger partial charge on any atom is -0.495 e. The van der Waals surface area contributed by atoms with Gasteiger partial charge in [0.05, 0.1) is 28.4 Å². The SMILES string of the molecule is COc1ccc(S(=O)(=O)CCC(=O)NCC2(O)CCCC2)cc1Cl. The van der Waals surface area contributed by atoms with Gasteiger partial charge in [0.2, 0.25) is 5.91 Å². The van der Waals surface area contributed by atoms with Crippen molar-refractivity contribution in [3.8, 4) is 5.75 Å². The molecule has 0 aliphatic heterocycles. The molecule has 1 aliphatic rings. The molecule has 0 aromatic heterocycles. The summed E-state index contributed by atoms with van der Waals surface area (Å²) in [6.07, 6.45) is 3.05. The summed E-state index contributed by atoms with van der Waals surface area (Å²) in [5, 5.41) is 13.0. The van der Waals surface area contributed by atoms with Gasteiger partial charge in [-0.2, -0.15) is 0 Å². The van der Waals surface area contributed by atoms with Crippen molar-refractivity contribution in [2.24, 2.45) is 0 Å². The normalized spacial score (nSPS) is 16.8. The van der Waals surface area contributed by atoms with Gasteiger partial charge in [0.25, 0.3) is 0 Å². The van der Waals surface area contributed by atoms with Crippen molar-refractivity contribution in [1.29, 1.82) is 0 Å². The summed E-state index contributed by atoms with van der Waals surface area (Å²) in [4.78, 5) is 11.9. The van der Waals surface area contributed by atoms with E-state index in [1.807, 2.05) is 0 Å². The average Bonchev–Trinajstić information content (AvgIpc) is 2.98. The Morgan fingerprint density at radius 1 is 1.38 bits per heavy atom. The number of sulfone groups is 1. The zero-order valence-corrected chi connectivity index (χ0v) is 15.1. The molecule has 0 radical (unpaired) electrons. The summed E-state index contributed by atoms with van der Waals surface area (Å²) in [5.41, 5.74) is -0.849. The summed E-state index contributed by atoms with van der Waals surface area (Å²) in [6.45, 7) is 0.167. The van der Waals surface area contributed by atoms with Gasteiger partial charge in [-0.15, -0.1) is 0 Å². The summed E-state index contributed by atoms with van der Waals surface area (Å²) in [7, 11) is -2.18. The minimum atomic E-state index is -3.62. The van der Waals surface area contributed by atoms with E-state index in [4.69, 9.17) is 16.3 Å². The van der Waals surface area contributed by atoms with Crippen LogP contribution in [0.4, 0.5) is 0 Å². The minimum absolute atomic E-state index is 0.0514. The van der Waals surface area contributed by atoms with Crippen LogP contribution < -0.4 is 10.1 Å². The quantitative estimate of drug-likeness (QED) is 0.759. The number of nitrogens with one attached hydrogen (secondary N) is 1. The van der Waals surface area contributed by atoms with E-state index in [-0.39, 0.29) is 28.6 Å². The van der Waals surface area contributed by atoms with E-state index in [1.54, 1.807) is 0 Å². The predicted octanol–water partition coefficient (Wildman–Crippen LogP) is 1.93. The number of aliphatic hydroxyl groups is 1. The van der Waals surface area contributed by atoms with Gasteiger partial charge in [0.1, 0.15) is 5.75 Å². The van der Waals surface area contributed by atoms with Gasteiger partial charge in [-0.05, 0) is 31.0 Å². The fourth-order valence-corrected chi connectivity index (χ4v) is 4.33. The maximum atomic E-state index is 12.3. The van der Waals surface area contributed by atoms with Crippen LogP contribution in [0, 0.1) is 0 Å². The van der Waals surface area contributed by atoms with Gasteiger partial charge in [0.15, 0.2) is 9.84 Å². The number of ether oxygens (including phenoxy) is 1. The number of halogens is 1. The Hall–Kier alpha value is -1.31. The Labute approximate surface area is 147 Å². The average molecular weight is 376 g/mol. The number of carbonyl (C=O) groups is 1. The number of hydrogen-bond donors (Lipinski definition) is 2. The smallest absolute Gasteiger partial charge is 0.221 e. The first kappa shape index (κ1) is 19.0. The topological polar surface area (TPSA) is 92.7 Å². The molecule has 0 atom stereocenters. The second-order valence-electron chi connectivity index (χ2n) is 6.07. The molecular weight excluding hydrogens is 354 g/mol. The molecule has 1 aromatic rings. The summed E-state index contributed by atoms with van der Waals surface area (Å²) >= 11 is 5.94. The lowest BCUT2D eigenvalue weighted by atomic mass is 10.0. The maximum absolute atomic E-state index is 12.3. The van der Waals surface area contributed by atoms with Gasteiger partial charge >= 0.3 is 0 Å². The molecule has 0 bridgehead atoms. The van der Waals surface area contributed by atoms with Crippen molar-refractivity contribution < 1.29 is 23.1 Å².